The average molecular weight is 522 g/mol. The molecule has 0 unspecified atom stereocenters. The van der Waals surface area contributed by atoms with Gasteiger partial charge in [0.15, 0.2) is 17.4 Å². The van der Waals surface area contributed by atoms with E-state index in [1.165, 1.54) is 23.8 Å². The molecule has 2 aliphatic rings. The first-order chi connectivity index (χ1) is 17.9. The minimum atomic E-state index is -0.513. The fraction of sp³-hybridized carbons (Fsp3) is 0.414. The van der Waals surface area contributed by atoms with Crippen LogP contribution in [0.3, 0.4) is 0 Å². The number of carbonyl (C=O) groups is 1. The molecular weight excluding hydrogens is 489 g/mol. The maximum Gasteiger partial charge on any atom is 0.172 e. The van der Waals surface area contributed by atoms with Gasteiger partial charge in [0.25, 0.3) is 0 Å². The van der Waals surface area contributed by atoms with Gasteiger partial charge < -0.3 is 10.2 Å². The van der Waals surface area contributed by atoms with Crippen molar-refractivity contribution in [2.24, 2.45) is 5.92 Å². The van der Waals surface area contributed by atoms with Crippen molar-refractivity contribution >= 4 is 29.0 Å². The Labute approximate surface area is 222 Å². The molecule has 3 aromatic rings. The maximum atomic E-state index is 14.3. The summed E-state index contributed by atoms with van der Waals surface area (Å²) in [5.74, 6) is 0.719. The van der Waals surface area contributed by atoms with E-state index in [9.17, 15) is 9.18 Å². The first kappa shape index (κ1) is 25.6. The summed E-state index contributed by atoms with van der Waals surface area (Å²) in [6.07, 6.45) is 2.12. The van der Waals surface area contributed by atoms with Crippen LogP contribution in [0, 0.1) is 11.7 Å². The van der Waals surface area contributed by atoms with Crippen LogP contribution in [0.2, 0.25) is 5.02 Å². The summed E-state index contributed by atoms with van der Waals surface area (Å²) >= 11 is 6.02. The molecule has 6 nitrogen and oxygen atoms in total. The normalized spacial score (nSPS) is 16.6. The highest BCUT2D eigenvalue weighted by atomic mass is 35.5. The molecule has 0 amide bonds. The Morgan fingerprint density at radius 1 is 1.08 bits per heavy atom. The molecule has 8 heteroatoms. The summed E-state index contributed by atoms with van der Waals surface area (Å²) in [4.78, 5) is 27.8. The number of benzene rings is 2. The van der Waals surface area contributed by atoms with Crippen LogP contribution in [0.4, 0.5) is 16.0 Å². The van der Waals surface area contributed by atoms with E-state index >= 15 is 0 Å². The molecule has 0 atom stereocenters. The smallest absolute Gasteiger partial charge is 0.172 e. The molecule has 0 aliphatic carbocycles. The van der Waals surface area contributed by atoms with E-state index in [0.717, 1.165) is 49.1 Å². The van der Waals surface area contributed by atoms with Crippen LogP contribution < -0.4 is 10.2 Å². The van der Waals surface area contributed by atoms with Gasteiger partial charge in [0.05, 0.1) is 17.0 Å². The summed E-state index contributed by atoms with van der Waals surface area (Å²) in [5.41, 5.74) is 3.45. The largest absolute Gasteiger partial charge is 0.365 e. The lowest BCUT2D eigenvalue weighted by molar-refractivity contribution is 0.0896. The number of piperidine rings is 1. The van der Waals surface area contributed by atoms with Gasteiger partial charge in [-0.1, -0.05) is 41.9 Å². The Bertz CT molecular complexity index is 1260. The van der Waals surface area contributed by atoms with Crippen LogP contribution in [0.25, 0.3) is 0 Å². The number of nitrogens with zero attached hydrogens (tertiary/aromatic N) is 4. The zero-order valence-corrected chi connectivity index (χ0v) is 22.1. The van der Waals surface area contributed by atoms with Gasteiger partial charge in [0, 0.05) is 56.1 Å². The lowest BCUT2D eigenvalue weighted by Gasteiger charge is -2.35. The molecule has 1 fully saturated rings. The Kier molecular flexibility index (Phi) is 7.72. The van der Waals surface area contributed by atoms with E-state index in [2.05, 4.69) is 53.2 Å². The van der Waals surface area contributed by atoms with Crippen molar-refractivity contribution in [2.75, 3.05) is 29.9 Å². The first-order valence-corrected chi connectivity index (χ1v) is 13.4. The predicted octanol–water partition coefficient (Wildman–Crippen LogP) is 5.75. The van der Waals surface area contributed by atoms with Crippen molar-refractivity contribution < 1.29 is 9.18 Å². The van der Waals surface area contributed by atoms with Crippen molar-refractivity contribution in [3.05, 3.63) is 81.9 Å². The maximum absolute atomic E-state index is 14.3. The Balaban J connectivity index is 1.33. The summed E-state index contributed by atoms with van der Waals surface area (Å²) in [6.45, 7) is 8.10. The molecule has 0 spiro atoms. The predicted molar refractivity (Wildman–Crippen MR) is 146 cm³/mol. The lowest BCUT2D eigenvalue weighted by atomic mass is 9.88. The monoisotopic (exact) mass is 521 g/mol. The number of Topliss-reactive ketones (excluding diaryl/α,β-unsaturated/α-hetero) is 1. The van der Waals surface area contributed by atoms with E-state index in [4.69, 9.17) is 21.6 Å². The molecule has 1 aromatic heterocycles. The number of halogens is 2. The molecule has 37 heavy (non-hydrogen) atoms. The number of hydrogen-bond acceptors (Lipinski definition) is 6. The highest BCUT2D eigenvalue weighted by Gasteiger charge is 2.31. The standard InChI is InChI=1S/C29H33ClFN5O/c1-19(2)32-28-29(34-26-18-35(13-12-25(26)33-28)17-20-6-4-3-5-7-20)36-14-10-21(11-15-36)27(37)23-16-22(30)8-9-24(23)31/h3-9,16,19,21H,10-15,17-18H2,1-2H3,(H,32,33). The fourth-order valence-electron chi connectivity index (χ4n) is 5.20. The molecule has 1 saturated heterocycles. The van der Waals surface area contributed by atoms with Gasteiger partial charge in [-0.15, -0.1) is 0 Å². The van der Waals surface area contributed by atoms with Crippen molar-refractivity contribution in [1.29, 1.82) is 0 Å². The summed E-state index contributed by atoms with van der Waals surface area (Å²) in [7, 11) is 0. The van der Waals surface area contributed by atoms with Crippen molar-refractivity contribution in [2.45, 2.75) is 52.2 Å². The fourth-order valence-corrected chi connectivity index (χ4v) is 5.38. The van der Waals surface area contributed by atoms with E-state index in [1.54, 1.807) is 0 Å². The van der Waals surface area contributed by atoms with Crippen molar-refractivity contribution in [3.8, 4) is 0 Å². The Morgan fingerprint density at radius 3 is 2.57 bits per heavy atom. The number of anilines is 2. The topological polar surface area (TPSA) is 61.4 Å². The number of ketones is 1. The zero-order valence-electron chi connectivity index (χ0n) is 21.4. The number of rotatable bonds is 7. The van der Waals surface area contributed by atoms with E-state index in [-0.39, 0.29) is 23.3 Å². The van der Waals surface area contributed by atoms with Gasteiger partial charge in [-0.2, -0.15) is 0 Å². The molecule has 0 radical (unpaired) electrons. The number of hydrogen-bond donors (Lipinski definition) is 1. The second kappa shape index (κ2) is 11.2. The van der Waals surface area contributed by atoms with Crippen LogP contribution in [0.5, 0.6) is 0 Å². The summed E-state index contributed by atoms with van der Waals surface area (Å²) < 4.78 is 14.3. The molecule has 194 valence electrons. The SMILES string of the molecule is CC(C)Nc1nc2c(nc1N1CCC(C(=O)c3cc(Cl)ccc3F)CC1)CN(Cc1ccccc1)CC2. The molecule has 5 rings (SSSR count). The minimum absolute atomic E-state index is 0.0835. The van der Waals surface area contributed by atoms with Crippen molar-refractivity contribution in [3.63, 3.8) is 0 Å². The van der Waals surface area contributed by atoms with Gasteiger partial charge in [0.1, 0.15) is 5.82 Å². The van der Waals surface area contributed by atoms with Crippen LogP contribution in [0.1, 0.15) is 54.0 Å². The zero-order chi connectivity index (χ0) is 25.9. The van der Waals surface area contributed by atoms with Gasteiger partial charge >= 0.3 is 0 Å². The average Bonchev–Trinajstić information content (AvgIpc) is 2.90. The third-order valence-corrected chi connectivity index (χ3v) is 7.34. The molecule has 2 aliphatic heterocycles. The summed E-state index contributed by atoms with van der Waals surface area (Å²) in [5, 5.41) is 3.86. The van der Waals surface area contributed by atoms with Crippen molar-refractivity contribution in [1.82, 2.24) is 14.9 Å². The Morgan fingerprint density at radius 2 is 1.84 bits per heavy atom. The molecule has 1 N–H and O–H groups in total. The van der Waals surface area contributed by atoms with Gasteiger partial charge in [-0.25, -0.2) is 14.4 Å². The Hall–Kier alpha value is -3.03. The van der Waals surface area contributed by atoms with Crippen LogP contribution >= 0.6 is 11.6 Å². The molecular formula is C29H33ClFN5O. The molecule has 0 saturated carbocycles. The molecule has 2 aromatic carbocycles. The van der Waals surface area contributed by atoms with Gasteiger partial charge in [-0.05, 0) is 50.5 Å². The lowest BCUT2D eigenvalue weighted by Crippen LogP contribution is -2.39. The number of carbonyl (C=O) groups excluding carboxylic acids is 1. The van der Waals surface area contributed by atoms with E-state index < -0.39 is 5.82 Å². The number of fused-ring (bicyclic) bond motifs is 1. The second-order valence-corrected chi connectivity index (χ2v) is 10.7. The summed E-state index contributed by atoms with van der Waals surface area (Å²) in [6, 6.07) is 14.9. The second-order valence-electron chi connectivity index (χ2n) is 10.3. The highest BCUT2D eigenvalue weighted by Crippen LogP contribution is 2.32. The quantitative estimate of drug-likeness (QED) is 0.400. The van der Waals surface area contributed by atoms with E-state index in [0.29, 0.717) is 31.0 Å². The third-order valence-electron chi connectivity index (χ3n) is 7.10. The molecule has 3 heterocycles. The van der Waals surface area contributed by atoms with Gasteiger partial charge in [-0.3, -0.25) is 9.69 Å². The van der Waals surface area contributed by atoms with Crippen LogP contribution in [-0.4, -0.2) is 46.3 Å². The number of nitrogens with one attached hydrogen (secondary N) is 1. The van der Waals surface area contributed by atoms with Gasteiger partial charge in [0.2, 0.25) is 0 Å². The minimum Gasteiger partial charge on any atom is -0.365 e. The highest BCUT2D eigenvalue weighted by molar-refractivity contribution is 6.31. The third kappa shape index (κ3) is 5.94. The molecule has 0 bridgehead atoms. The first-order valence-electron chi connectivity index (χ1n) is 13.0. The van der Waals surface area contributed by atoms with Crippen LogP contribution in [0.15, 0.2) is 48.5 Å². The van der Waals surface area contributed by atoms with Crippen LogP contribution in [-0.2, 0) is 19.5 Å². The van der Waals surface area contributed by atoms with E-state index in [1.807, 2.05) is 6.07 Å². The number of aromatic nitrogens is 2.